The van der Waals surface area contributed by atoms with Gasteiger partial charge in [-0.2, -0.15) is 13.2 Å². The van der Waals surface area contributed by atoms with E-state index in [2.05, 4.69) is 28.0 Å². The predicted molar refractivity (Wildman–Crippen MR) is 152 cm³/mol. The molecule has 2 aromatic carbocycles. The first-order valence-corrected chi connectivity index (χ1v) is 12.9. The summed E-state index contributed by atoms with van der Waals surface area (Å²) in [6, 6.07) is 12.9. The van der Waals surface area contributed by atoms with Crippen LogP contribution in [0.25, 0.3) is 0 Å². The Morgan fingerprint density at radius 3 is 2.15 bits per heavy atom. The van der Waals surface area contributed by atoms with E-state index in [-0.39, 0.29) is 16.6 Å². The molecular formula is C29H33ClF3N5O. The lowest BCUT2D eigenvalue weighted by atomic mass is 10.0. The third-order valence-electron chi connectivity index (χ3n) is 6.31. The van der Waals surface area contributed by atoms with Crippen molar-refractivity contribution in [2.45, 2.75) is 6.18 Å². The second kappa shape index (κ2) is 14.1. The molecule has 0 aromatic heterocycles. The number of carbonyl (C=O) groups excluding carboxylic acids is 1. The van der Waals surface area contributed by atoms with Crippen LogP contribution in [0.15, 0.2) is 90.6 Å². The van der Waals surface area contributed by atoms with E-state index in [0.29, 0.717) is 29.9 Å². The smallest absolute Gasteiger partial charge is 0.395 e. The number of amides is 1. The number of halogens is 4. The Hall–Kier alpha value is -3.40. The number of alkyl halides is 3. The fourth-order valence-electron chi connectivity index (χ4n) is 4.13. The molecule has 1 heterocycles. The molecule has 0 spiro atoms. The van der Waals surface area contributed by atoms with Crippen molar-refractivity contribution in [2.24, 2.45) is 10.7 Å². The number of nitrogens with zero attached hydrogens (tertiary/aromatic N) is 4. The van der Waals surface area contributed by atoms with Gasteiger partial charge in [-0.1, -0.05) is 48.0 Å². The highest BCUT2D eigenvalue weighted by molar-refractivity contribution is 6.33. The molecular weight excluding hydrogens is 527 g/mol. The molecule has 1 aliphatic rings. The molecule has 1 aliphatic heterocycles. The van der Waals surface area contributed by atoms with Crippen LogP contribution in [0.2, 0.25) is 5.02 Å². The minimum Gasteiger partial charge on any atom is -0.395 e. The van der Waals surface area contributed by atoms with Crippen LogP contribution in [-0.4, -0.2) is 84.9 Å². The van der Waals surface area contributed by atoms with E-state index < -0.39 is 11.9 Å². The van der Waals surface area contributed by atoms with Gasteiger partial charge >= 0.3 is 6.18 Å². The third-order valence-corrected chi connectivity index (χ3v) is 6.63. The van der Waals surface area contributed by atoms with Crippen LogP contribution in [0.3, 0.4) is 0 Å². The molecule has 0 bridgehead atoms. The fourth-order valence-corrected chi connectivity index (χ4v) is 4.31. The molecule has 3 rings (SSSR count). The first-order chi connectivity index (χ1) is 18.6. The van der Waals surface area contributed by atoms with Gasteiger partial charge < -0.3 is 10.6 Å². The van der Waals surface area contributed by atoms with Crippen LogP contribution in [0, 0.1) is 0 Å². The number of rotatable bonds is 11. The molecule has 10 heteroatoms. The second-order valence-electron chi connectivity index (χ2n) is 9.09. The zero-order valence-electron chi connectivity index (χ0n) is 21.7. The SMILES string of the molecule is C=CCN(CC=C)CCN1CCN(C(=O)c2ccc(C(C=C(N)C(F)(F)F)=Nc3ccccc3Cl)cc2)CC1. The molecule has 1 fully saturated rings. The summed E-state index contributed by atoms with van der Waals surface area (Å²) in [7, 11) is 0. The average Bonchev–Trinajstić information content (AvgIpc) is 2.92. The first-order valence-electron chi connectivity index (χ1n) is 12.6. The van der Waals surface area contributed by atoms with E-state index in [4.69, 9.17) is 17.3 Å². The van der Waals surface area contributed by atoms with E-state index in [1.807, 2.05) is 12.2 Å². The molecule has 6 nitrogen and oxygen atoms in total. The molecule has 0 aliphatic carbocycles. The number of allylic oxidation sites excluding steroid dienone is 2. The summed E-state index contributed by atoms with van der Waals surface area (Å²) in [6.07, 6.45) is -0.198. The highest BCUT2D eigenvalue weighted by Crippen LogP contribution is 2.27. The van der Waals surface area contributed by atoms with Gasteiger partial charge in [-0.25, -0.2) is 4.99 Å². The lowest BCUT2D eigenvalue weighted by molar-refractivity contribution is -0.0925. The number of benzene rings is 2. The highest BCUT2D eigenvalue weighted by atomic mass is 35.5. The minimum atomic E-state index is -4.71. The van der Waals surface area contributed by atoms with Crippen molar-refractivity contribution in [1.82, 2.24) is 14.7 Å². The molecule has 2 N–H and O–H groups in total. The standard InChI is InChI=1S/C29H33ClF3N5O/c1-3-13-36(14-4-2)15-16-37-17-19-38(20-18-37)28(39)23-11-9-22(10-12-23)26(21-27(34)29(31,32)33)35-25-8-6-5-7-24(25)30/h3-12,21H,1-2,13-20,34H2. The molecule has 1 saturated heterocycles. The van der Waals surface area contributed by atoms with Crippen LogP contribution in [0.1, 0.15) is 15.9 Å². The van der Waals surface area contributed by atoms with Crippen LogP contribution in [-0.2, 0) is 0 Å². The number of carbonyl (C=O) groups is 1. The van der Waals surface area contributed by atoms with Gasteiger partial charge in [0, 0.05) is 63.5 Å². The zero-order valence-corrected chi connectivity index (χ0v) is 22.5. The summed E-state index contributed by atoms with van der Waals surface area (Å²) >= 11 is 6.16. The van der Waals surface area contributed by atoms with Gasteiger partial charge in [0.15, 0.2) is 0 Å². The quantitative estimate of drug-likeness (QED) is 0.300. The average molecular weight is 560 g/mol. The van der Waals surface area contributed by atoms with Gasteiger partial charge in [0.05, 0.1) is 16.4 Å². The van der Waals surface area contributed by atoms with E-state index in [9.17, 15) is 18.0 Å². The Morgan fingerprint density at radius 2 is 1.59 bits per heavy atom. The molecule has 39 heavy (non-hydrogen) atoms. The van der Waals surface area contributed by atoms with Gasteiger partial charge in [-0.05, 0) is 30.3 Å². The van der Waals surface area contributed by atoms with Crippen molar-refractivity contribution < 1.29 is 18.0 Å². The van der Waals surface area contributed by atoms with Crippen molar-refractivity contribution >= 4 is 28.9 Å². The fraction of sp³-hybridized carbons (Fsp3) is 0.310. The van der Waals surface area contributed by atoms with Crippen molar-refractivity contribution in [2.75, 3.05) is 52.4 Å². The number of hydrogen-bond acceptors (Lipinski definition) is 5. The normalized spacial score (nSPS) is 15.5. The zero-order chi connectivity index (χ0) is 28.4. The summed E-state index contributed by atoms with van der Waals surface area (Å²) in [5.41, 5.74) is 5.09. The van der Waals surface area contributed by atoms with Crippen molar-refractivity contribution in [3.05, 3.63) is 102 Å². The van der Waals surface area contributed by atoms with E-state index in [1.54, 1.807) is 53.4 Å². The van der Waals surface area contributed by atoms with E-state index >= 15 is 0 Å². The Balaban J connectivity index is 1.70. The molecule has 0 unspecified atom stereocenters. The van der Waals surface area contributed by atoms with Crippen molar-refractivity contribution in [3.8, 4) is 0 Å². The topological polar surface area (TPSA) is 65.2 Å². The molecule has 208 valence electrons. The van der Waals surface area contributed by atoms with Gasteiger partial charge in [0.1, 0.15) is 5.70 Å². The summed E-state index contributed by atoms with van der Waals surface area (Å²) in [4.78, 5) is 23.8. The monoisotopic (exact) mass is 559 g/mol. The summed E-state index contributed by atoms with van der Waals surface area (Å²) < 4.78 is 39.5. The molecule has 0 radical (unpaired) electrons. The number of piperazine rings is 1. The molecule has 1 amide bonds. The van der Waals surface area contributed by atoms with Crippen LogP contribution < -0.4 is 5.73 Å². The van der Waals surface area contributed by atoms with E-state index in [0.717, 1.165) is 45.3 Å². The minimum absolute atomic E-state index is 0.0208. The Labute approximate surface area is 232 Å². The lowest BCUT2D eigenvalue weighted by Gasteiger charge is -2.35. The Kier molecular flexibility index (Phi) is 10.9. The maximum atomic E-state index is 13.2. The maximum absolute atomic E-state index is 13.2. The largest absolute Gasteiger partial charge is 0.430 e. The van der Waals surface area contributed by atoms with Gasteiger partial charge in [-0.15, -0.1) is 13.2 Å². The second-order valence-corrected chi connectivity index (χ2v) is 9.50. The van der Waals surface area contributed by atoms with Crippen LogP contribution >= 0.6 is 11.6 Å². The highest BCUT2D eigenvalue weighted by Gasteiger charge is 2.32. The number of hydrogen-bond donors (Lipinski definition) is 1. The Morgan fingerprint density at radius 1 is 1.00 bits per heavy atom. The summed E-state index contributed by atoms with van der Waals surface area (Å²) in [6.45, 7) is 13.7. The van der Waals surface area contributed by atoms with Gasteiger partial charge in [-0.3, -0.25) is 14.6 Å². The maximum Gasteiger partial charge on any atom is 0.430 e. The van der Waals surface area contributed by atoms with E-state index in [1.165, 1.54) is 0 Å². The first kappa shape index (κ1) is 30.1. The van der Waals surface area contributed by atoms with Gasteiger partial charge in [0.25, 0.3) is 5.91 Å². The van der Waals surface area contributed by atoms with Crippen molar-refractivity contribution in [3.63, 3.8) is 0 Å². The number of aliphatic imine (C=N–C) groups is 1. The Bertz CT molecular complexity index is 1190. The third kappa shape index (κ3) is 8.81. The van der Waals surface area contributed by atoms with Crippen LogP contribution in [0.4, 0.5) is 18.9 Å². The molecule has 0 atom stereocenters. The summed E-state index contributed by atoms with van der Waals surface area (Å²) in [5.74, 6) is -0.129. The number of para-hydroxylation sites is 1. The molecule has 2 aromatic rings. The molecule has 0 saturated carbocycles. The lowest BCUT2D eigenvalue weighted by Crippen LogP contribution is -2.50. The summed E-state index contributed by atoms with van der Waals surface area (Å²) in [5, 5.41) is 0.286. The predicted octanol–water partition coefficient (Wildman–Crippen LogP) is 5.30. The van der Waals surface area contributed by atoms with Gasteiger partial charge in [0.2, 0.25) is 0 Å². The van der Waals surface area contributed by atoms with Crippen LogP contribution in [0.5, 0.6) is 0 Å². The van der Waals surface area contributed by atoms with Crippen molar-refractivity contribution in [1.29, 1.82) is 0 Å². The number of nitrogens with two attached hydrogens (primary N) is 1.